The van der Waals surface area contributed by atoms with Gasteiger partial charge < -0.3 is 19.5 Å². The molecule has 6 unspecified atom stereocenters. The Hall–Kier alpha value is -1.27. The number of aliphatic carboxylic acids is 1. The predicted octanol–water partition coefficient (Wildman–Crippen LogP) is 4.89. The lowest BCUT2D eigenvalue weighted by Gasteiger charge is -2.60. The smallest absolute Gasteiger partial charge is 0.315 e. The van der Waals surface area contributed by atoms with Gasteiger partial charge in [0.2, 0.25) is 0 Å². The fraction of sp³-hybridized carbons (Fsp3) is 0.862. The van der Waals surface area contributed by atoms with Gasteiger partial charge in [-0.15, -0.1) is 0 Å². The maximum absolute atomic E-state index is 13.6. The number of fused-ring (bicyclic) bond motifs is 2. The molecule has 0 aromatic rings. The quantitative estimate of drug-likeness (QED) is 0.427. The Morgan fingerprint density at radius 3 is 2.60 bits per heavy atom. The van der Waals surface area contributed by atoms with Crippen molar-refractivity contribution in [3.8, 4) is 0 Å². The van der Waals surface area contributed by atoms with E-state index in [2.05, 4.69) is 31.7 Å². The first kappa shape index (κ1) is 24.1. The number of hydrogen-bond acceptors (Lipinski definition) is 4. The zero-order chi connectivity index (χ0) is 24.8. The summed E-state index contributed by atoms with van der Waals surface area (Å²) in [6.07, 6.45) is 9.14. The Bertz CT molecular complexity index is 928. The molecule has 4 bridgehead atoms. The number of likely N-dealkylation sites (tertiary alicyclic amines) is 1. The average Bonchev–Trinajstić information content (AvgIpc) is 3.55. The van der Waals surface area contributed by atoms with Gasteiger partial charge in [-0.25, -0.2) is 4.39 Å². The lowest BCUT2D eigenvalue weighted by molar-refractivity contribution is -0.197. The molecule has 194 valence electrons. The molecule has 0 amide bonds. The third kappa shape index (κ3) is 2.87. The molecular formula is C29H42FNO4. The molecule has 9 atom stereocenters. The number of halogens is 1. The number of rotatable bonds is 6. The van der Waals surface area contributed by atoms with Gasteiger partial charge in [0.1, 0.15) is 17.9 Å². The standard InChI is InChI=1S/C29H42FNO4/c1-17(2)24-12-19-13-27(16-32)23-6-4-18(3)22(23)14-28(19,29(24,27)26(33)34)25-7-5-21(35-25)15-31-10-8-20(30)9-11-31/h12,16-23,25H,4-11,13-15H2,1-3H3,(H,33,34)/t18-,19?,21?,22-,23-,25?,27?,28?,29?/m1/s1. The lowest BCUT2D eigenvalue weighted by Crippen LogP contribution is -2.65. The van der Waals surface area contributed by atoms with E-state index in [-0.39, 0.29) is 30.0 Å². The average molecular weight is 488 g/mol. The van der Waals surface area contributed by atoms with Crippen LogP contribution in [0.1, 0.15) is 72.1 Å². The Kier molecular flexibility index (Phi) is 5.58. The summed E-state index contributed by atoms with van der Waals surface area (Å²) >= 11 is 0. The summed E-state index contributed by atoms with van der Waals surface area (Å²) in [5, 5.41) is 11.2. The first-order chi connectivity index (χ1) is 16.7. The molecule has 5 fully saturated rings. The number of carboxylic acids is 1. The van der Waals surface area contributed by atoms with Crippen LogP contribution in [-0.2, 0) is 14.3 Å². The molecule has 4 aliphatic carbocycles. The molecule has 6 rings (SSSR count). The number of nitrogens with zero attached hydrogens (tertiary/aromatic N) is 1. The van der Waals surface area contributed by atoms with Crippen LogP contribution in [0.2, 0.25) is 0 Å². The van der Waals surface area contributed by atoms with Gasteiger partial charge in [-0.05, 0) is 74.5 Å². The van der Waals surface area contributed by atoms with Crippen molar-refractivity contribution in [3.63, 3.8) is 0 Å². The number of alkyl halides is 1. The Morgan fingerprint density at radius 2 is 1.94 bits per heavy atom. The van der Waals surface area contributed by atoms with Gasteiger partial charge in [0.15, 0.2) is 0 Å². The van der Waals surface area contributed by atoms with Crippen LogP contribution < -0.4 is 0 Å². The van der Waals surface area contributed by atoms with Crippen LogP contribution in [0.15, 0.2) is 11.6 Å². The van der Waals surface area contributed by atoms with E-state index in [0.29, 0.717) is 31.1 Å². The van der Waals surface area contributed by atoms with Crippen LogP contribution in [0.5, 0.6) is 0 Å². The summed E-state index contributed by atoms with van der Waals surface area (Å²) in [6.45, 7) is 8.85. The molecular weight excluding hydrogens is 445 g/mol. The van der Waals surface area contributed by atoms with Gasteiger partial charge >= 0.3 is 5.97 Å². The lowest BCUT2D eigenvalue weighted by atomic mass is 9.41. The van der Waals surface area contributed by atoms with Crippen LogP contribution in [0.25, 0.3) is 0 Å². The van der Waals surface area contributed by atoms with Crippen molar-refractivity contribution in [2.24, 2.45) is 45.8 Å². The van der Waals surface area contributed by atoms with Crippen LogP contribution in [0, 0.1) is 45.8 Å². The largest absolute Gasteiger partial charge is 0.481 e. The first-order valence-corrected chi connectivity index (χ1v) is 14.1. The molecule has 6 aliphatic rings. The maximum atomic E-state index is 13.6. The highest BCUT2D eigenvalue weighted by Gasteiger charge is 2.86. The highest BCUT2D eigenvalue weighted by molar-refractivity contribution is 5.90. The zero-order valence-electron chi connectivity index (χ0n) is 21.5. The normalized spacial score (nSPS) is 49.5. The molecule has 2 heterocycles. The van der Waals surface area contributed by atoms with Gasteiger partial charge in [-0.2, -0.15) is 0 Å². The molecule has 0 aromatic heterocycles. The van der Waals surface area contributed by atoms with E-state index in [1.165, 1.54) is 0 Å². The molecule has 3 saturated carbocycles. The van der Waals surface area contributed by atoms with Crippen molar-refractivity contribution in [1.82, 2.24) is 4.90 Å². The van der Waals surface area contributed by atoms with Crippen molar-refractivity contribution in [1.29, 1.82) is 0 Å². The fourth-order valence-electron chi connectivity index (χ4n) is 10.4. The number of aldehydes is 1. The van der Waals surface area contributed by atoms with E-state index in [0.717, 1.165) is 63.6 Å². The van der Waals surface area contributed by atoms with Crippen LogP contribution in [-0.4, -0.2) is 60.3 Å². The number of piperidine rings is 1. The summed E-state index contributed by atoms with van der Waals surface area (Å²) in [5.41, 5.74) is -1.53. The molecule has 5 nitrogen and oxygen atoms in total. The second kappa shape index (κ2) is 8.11. The van der Waals surface area contributed by atoms with Gasteiger partial charge in [0.25, 0.3) is 0 Å². The minimum atomic E-state index is -1.15. The van der Waals surface area contributed by atoms with Crippen molar-refractivity contribution >= 4 is 12.3 Å². The highest BCUT2D eigenvalue weighted by atomic mass is 19.1. The van der Waals surface area contributed by atoms with E-state index in [1.54, 1.807) is 0 Å². The summed E-state index contributed by atoms with van der Waals surface area (Å²) < 4.78 is 20.5. The number of carbonyl (C=O) groups is 2. The molecule has 2 saturated heterocycles. The van der Waals surface area contributed by atoms with Crippen LogP contribution >= 0.6 is 0 Å². The van der Waals surface area contributed by atoms with E-state index in [4.69, 9.17) is 4.74 Å². The number of carboxylic acid groups (broad SMARTS) is 1. The number of ether oxygens (including phenoxy) is 1. The second-order valence-electron chi connectivity index (χ2n) is 13.2. The molecule has 35 heavy (non-hydrogen) atoms. The van der Waals surface area contributed by atoms with Crippen LogP contribution in [0.4, 0.5) is 4.39 Å². The Balaban J connectivity index is 1.39. The van der Waals surface area contributed by atoms with Crippen molar-refractivity contribution in [2.75, 3.05) is 19.6 Å². The number of allylic oxidation sites excluding steroid dienone is 1. The Morgan fingerprint density at radius 1 is 1.20 bits per heavy atom. The van der Waals surface area contributed by atoms with Crippen molar-refractivity contribution in [3.05, 3.63) is 11.6 Å². The molecule has 0 aromatic carbocycles. The van der Waals surface area contributed by atoms with Gasteiger partial charge in [0.05, 0.1) is 17.6 Å². The summed E-state index contributed by atoms with van der Waals surface area (Å²) in [4.78, 5) is 29.2. The molecule has 2 aliphatic heterocycles. The second-order valence-corrected chi connectivity index (χ2v) is 13.2. The minimum absolute atomic E-state index is 0.0586. The van der Waals surface area contributed by atoms with Crippen molar-refractivity contribution < 1.29 is 23.8 Å². The van der Waals surface area contributed by atoms with E-state index < -0.39 is 28.4 Å². The van der Waals surface area contributed by atoms with Gasteiger partial charge in [0, 0.05) is 25.0 Å². The van der Waals surface area contributed by atoms with E-state index in [1.807, 2.05) is 0 Å². The molecule has 6 heteroatoms. The fourth-order valence-corrected chi connectivity index (χ4v) is 10.4. The maximum Gasteiger partial charge on any atom is 0.315 e. The van der Waals surface area contributed by atoms with E-state index in [9.17, 15) is 19.1 Å². The van der Waals surface area contributed by atoms with E-state index >= 15 is 0 Å². The van der Waals surface area contributed by atoms with Crippen molar-refractivity contribution in [2.45, 2.75) is 90.5 Å². The monoisotopic (exact) mass is 487 g/mol. The predicted molar refractivity (Wildman–Crippen MR) is 130 cm³/mol. The SMILES string of the molecule is CC(C)C1=CC2CC3(C=O)[C@@H]4CC[C@@H](C)[C@H]4CC2(C2CCC(CN4CCC(F)CC4)O2)C13C(=O)O. The zero-order valence-corrected chi connectivity index (χ0v) is 21.5. The third-order valence-electron chi connectivity index (χ3n) is 11.7. The number of hydrogen-bond donors (Lipinski definition) is 1. The van der Waals surface area contributed by atoms with Crippen LogP contribution in [0.3, 0.4) is 0 Å². The summed E-state index contributed by atoms with van der Waals surface area (Å²) in [7, 11) is 0. The van der Waals surface area contributed by atoms with Gasteiger partial charge in [-0.3, -0.25) is 4.79 Å². The molecule has 0 radical (unpaired) electrons. The third-order valence-corrected chi connectivity index (χ3v) is 11.7. The molecule has 0 spiro atoms. The molecule has 1 N–H and O–H groups in total. The minimum Gasteiger partial charge on any atom is -0.481 e. The Labute approximate surface area is 208 Å². The highest BCUT2D eigenvalue weighted by Crippen LogP contribution is 2.84. The topological polar surface area (TPSA) is 66.8 Å². The number of carbonyl (C=O) groups excluding carboxylic acids is 1. The summed E-state index contributed by atoms with van der Waals surface area (Å²) in [6, 6.07) is 0. The van der Waals surface area contributed by atoms with Gasteiger partial charge in [-0.1, -0.05) is 38.8 Å². The first-order valence-electron chi connectivity index (χ1n) is 14.1. The summed E-state index contributed by atoms with van der Waals surface area (Å²) in [5.74, 6) is 0.452.